The Bertz CT molecular complexity index is 1160. The van der Waals surface area contributed by atoms with E-state index < -0.39 is 15.9 Å². The summed E-state index contributed by atoms with van der Waals surface area (Å²) in [6, 6.07) is 13.1. The summed E-state index contributed by atoms with van der Waals surface area (Å²) in [6.07, 6.45) is 0.645. The van der Waals surface area contributed by atoms with Crippen LogP contribution in [0.15, 0.2) is 57.9 Å². The quantitative estimate of drug-likeness (QED) is 0.724. The second-order valence-corrected chi connectivity index (χ2v) is 8.43. The first-order chi connectivity index (χ1) is 13.4. The first-order valence-corrected chi connectivity index (χ1v) is 10.1. The number of nitrogens with one attached hydrogen (secondary N) is 1. The number of amides is 1. The molecule has 3 aromatic rings. The number of benzene rings is 2. The Hall–Kier alpha value is -3.20. The minimum atomic E-state index is -3.82. The number of aryl methyl sites for hydroxylation is 1. The normalized spacial score (nSPS) is 16.1. The highest BCUT2D eigenvalue weighted by atomic mass is 32.2. The van der Waals surface area contributed by atoms with Crippen LogP contribution < -0.4 is 9.62 Å². The lowest BCUT2D eigenvalue weighted by Gasteiger charge is -2.24. The van der Waals surface area contributed by atoms with Crippen molar-refractivity contribution < 1.29 is 17.7 Å². The molecule has 1 N–H and O–H groups in total. The minimum Gasteiger partial charge on any atom is -0.315 e. The Morgan fingerprint density at radius 1 is 1.21 bits per heavy atom. The molecule has 1 atom stereocenters. The fourth-order valence-electron chi connectivity index (χ4n) is 3.33. The van der Waals surface area contributed by atoms with Crippen LogP contribution in [0, 0.1) is 6.92 Å². The molecule has 1 aliphatic rings. The average Bonchev–Trinajstić information content (AvgIpc) is 3.23. The van der Waals surface area contributed by atoms with Crippen molar-refractivity contribution in [3.8, 4) is 0 Å². The molecular weight excluding hydrogens is 380 g/mol. The second kappa shape index (κ2) is 6.75. The summed E-state index contributed by atoms with van der Waals surface area (Å²) < 4.78 is 32.9. The smallest absolute Gasteiger partial charge is 0.315 e. The highest BCUT2D eigenvalue weighted by Crippen LogP contribution is 2.36. The van der Waals surface area contributed by atoms with Crippen LogP contribution in [0.1, 0.15) is 28.7 Å². The van der Waals surface area contributed by atoms with E-state index in [4.69, 9.17) is 4.52 Å². The Morgan fingerprint density at radius 3 is 2.75 bits per heavy atom. The number of hydrogen-bond donors (Lipinski definition) is 1. The Morgan fingerprint density at radius 2 is 2.00 bits per heavy atom. The van der Waals surface area contributed by atoms with Gasteiger partial charge in [0.15, 0.2) is 5.82 Å². The van der Waals surface area contributed by atoms with Crippen LogP contribution in [0.5, 0.6) is 0 Å². The van der Waals surface area contributed by atoms with Gasteiger partial charge in [0.25, 0.3) is 15.9 Å². The van der Waals surface area contributed by atoms with Crippen molar-refractivity contribution in [2.24, 2.45) is 0 Å². The zero-order valence-electron chi connectivity index (χ0n) is 15.3. The van der Waals surface area contributed by atoms with Crippen LogP contribution in [0.2, 0.25) is 0 Å². The summed E-state index contributed by atoms with van der Waals surface area (Å²) in [5.74, 6) is -0.149. The zero-order valence-corrected chi connectivity index (χ0v) is 16.1. The predicted molar refractivity (Wildman–Crippen MR) is 103 cm³/mol. The number of carbonyl (C=O) groups is 1. The number of fused-ring (bicyclic) bond motifs is 1. The highest BCUT2D eigenvalue weighted by molar-refractivity contribution is 7.92. The van der Waals surface area contributed by atoms with E-state index in [0.717, 1.165) is 5.56 Å². The van der Waals surface area contributed by atoms with Crippen LogP contribution in [0.3, 0.4) is 0 Å². The summed E-state index contributed by atoms with van der Waals surface area (Å²) in [5, 5.41) is 6.06. The second-order valence-electron chi connectivity index (χ2n) is 6.61. The molecule has 0 saturated heterocycles. The summed E-state index contributed by atoms with van der Waals surface area (Å²) in [6.45, 7) is 3.49. The van der Waals surface area contributed by atoms with Gasteiger partial charge in [-0.25, -0.2) is 8.42 Å². The van der Waals surface area contributed by atoms with E-state index in [2.05, 4.69) is 15.5 Å². The molecule has 1 aliphatic heterocycles. The molecule has 1 amide bonds. The highest BCUT2D eigenvalue weighted by Gasteiger charge is 2.36. The van der Waals surface area contributed by atoms with Gasteiger partial charge in [0.2, 0.25) is 0 Å². The molecule has 144 valence electrons. The molecule has 28 heavy (non-hydrogen) atoms. The van der Waals surface area contributed by atoms with E-state index >= 15 is 0 Å². The molecule has 9 heteroatoms. The number of anilines is 2. The Balaban J connectivity index is 1.66. The average molecular weight is 398 g/mol. The number of rotatable bonds is 4. The van der Waals surface area contributed by atoms with Crippen LogP contribution >= 0.6 is 0 Å². The number of carbonyl (C=O) groups excluding carboxylic acids is 1. The first-order valence-electron chi connectivity index (χ1n) is 8.70. The molecule has 0 radical (unpaired) electrons. The van der Waals surface area contributed by atoms with Crippen molar-refractivity contribution in [1.29, 1.82) is 0 Å². The molecule has 0 spiro atoms. The van der Waals surface area contributed by atoms with E-state index in [0.29, 0.717) is 17.9 Å². The standard InChI is InChI=1S/C19H18N4O4S/c1-12-10-14-6-3-4-9-17(14)23(12)28(25,26)16-8-5-7-15(11-16)18(24)21-19-20-13(2)22-27-19/h3-9,11-12H,10H2,1-2H3,(H,20,21,22,24). The molecule has 1 aromatic heterocycles. The van der Waals surface area contributed by atoms with Crippen molar-refractivity contribution in [2.75, 3.05) is 9.62 Å². The van der Waals surface area contributed by atoms with E-state index in [1.165, 1.54) is 28.6 Å². The van der Waals surface area contributed by atoms with Gasteiger partial charge in [0.1, 0.15) is 0 Å². The van der Waals surface area contributed by atoms with Gasteiger partial charge in [-0.15, -0.1) is 0 Å². The molecule has 0 bridgehead atoms. The van der Waals surface area contributed by atoms with Crippen LogP contribution in [0.4, 0.5) is 11.7 Å². The van der Waals surface area contributed by atoms with Crippen molar-refractivity contribution in [3.63, 3.8) is 0 Å². The lowest BCUT2D eigenvalue weighted by Crippen LogP contribution is -2.35. The number of hydrogen-bond acceptors (Lipinski definition) is 6. The van der Waals surface area contributed by atoms with Crippen LogP contribution in [-0.2, 0) is 16.4 Å². The van der Waals surface area contributed by atoms with E-state index in [1.54, 1.807) is 13.0 Å². The Kier molecular flexibility index (Phi) is 4.38. The molecule has 0 fully saturated rings. The van der Waals surface area contributed by atoms with Gasteiger partial charge in [-0.3, -0.25) is 14.4 Å². The maximum absolute atomic E-state index is 13.3. The number of aromatic nitrogens is 2. The van der Waals surface area contributed by atoms with Crippen molar-refractivity contribution >= 4 is 27.6 Å². The summed E-state index contributed by atoms with van der Waals surface area (Å²) in [4.78, 5) is 16.4. The summed E-state index contributed by atoms with van der Waals surface area (Å²) in [5.41, 5.74) is 1.84. The van der Waals surface area contributed by atoms with Crippen molar-refractivity contribution in [3.05, 3.63) is 65.5 Å². The van der Waals surface area contributed by atoms with Gasteiger partial charge < -0.3 is 4.52 Å². The van der Waals surface area contributed by atoms with Gasteiger partial charge in [-0.05, 0) is 50.1 Å². The number of para-hydroxylation sites is 1. The molecule has 4 rings (SSSR count). The van der Waals surface area contributed by atoms with Crippen molar-refractivity contribution in [2.45, 2.75) is 31.2 Å². The summed E-state index contributed by atoms with van der Waals surface area (Å²) in [7, 11) is -3.82. The Labute approximate surface area is 162 Å². The maximum atomic E-state index is 13.3. The van der Waals surface area contributed by atoms with Gasteiger partial charge >= 0.3 is 6.01 Å². The van der Waals surface area contributed by atoms with Crippen LogP contribution in [0.25, 0.3) is 0 Å². The van der Waals surface area contributed by atoms with E-state index in [-0.39, 0.29) is 22.5 Å². The lowest BCUT2D eigenvalue weighted by molar-refractivity contribution is 0.102. The molecule has 0 aliphatic carbocycles. The topological polar surface area (TPSA) is 105 Å². The first kappa shape index (κ1) is 18.2. The van der Waals surface area contributed by atoms with Crippen molar-refractivity contribution in [1.82, 2.24) is 10.1 Å². The molecule has 0 saturated carbocycles. The number of nitrogens with zero attached hydrogens (tertiary/aromatic N) is 3. The third-order valence-corrected chi connectivity index (χ3v) is 6.47. The lowest BCUT2D eigenvalue weighted by atomic mass is 10.1. The molecular formula is C19H18N4O4S. The van der Waals surface area contributed by atoms with E-state index in [1.807, 2.05) is 25.1 Å². The minimum absolute atomic E-state index is 0.0437. The molecule has 8 nitrogen and oxygen atoms in total. The van der Waals surface area contributed by atoms with Gasteiger partial charge in [0, 0.05) is 11.6 Å². The molecule has 2 aromatic carbocycles. The SMILES string of the molecule is Cc1noc(NC(=O)c2cccc(S(=O)(=O)N3c4ccccc4CC3C)c2)n1. The van der Waals surface area contributed by atoms with Gasteiger partial charge in [-0.1, -0.05) is 29.4 Å². The predicted octanol–water partition coefficient (Wildman–Crippen LogP) is 2.77. The largest absolute Gasteiger partial charge is 0.328 e. The van der Waals surface area contributed by atoms with Gasteiger partial charge in [-0.2, -0.15) is 4.98 Å². The molecule has 2 heterocycles. The van der Waals surface area contributed by atoms with E-state index in [9.17, 15) is 13.2 Å². The third-order valence-electron chi connectivity index (χ3n) is 4.55. The summed E-state index contributed by atoms with van der Waals surface area (Å²) >= 11 is 0. The van der Waals surface area contributed by atoms with Crippen LogP contribution in [-0.4, -0.2) is 30.5 Å². The zero-order chi connectivity index (χ0) is 19.9. The monoisotopic (exact) mass is 398 g/mol. The van der Waals surface area contributed by atoms with Gasteiger partial charge in [0.05, 0.1) is 10.6 Å². The third kappa shape index (κ3) is 3.13. The molecule has 1 unspecified atom stereocenters. The fraction of sp³-hybridized carbons (Fsp3) is 0.211. The fourth-order valence-corrected chi connectivity index (χ4v) is 5.07. The maximum Gasteiger partial charge on any atom is 0.328 e. The number of sulfonamides is 1.